The van der Waals surface area contributed by atoms with Crippen molar-refractivity contribution in [2.75, 3.05) is 13.2 Å². The van der Waals surface area contributed by atoms with Crippen LogP contribution in [0.3, 0.4) is 0 Å². The lowest BCUT2D eigenvalue weighted by molar-refractivity contribution is 0.0952. The molecule has 0 spiro atoms. The monoisotopic (exact) mass is 387 g/mol. The number of amides is 1. The van der Waals surface area contributed by atoms with E-state index < -0.39 is 0 Å². The Morgan fingerprint density at radius 3 is 2.28 bits per heavy atom. The average Bonchev–Trinajstić information content (AvgIpc) is 2.77. The third kappa shape index (κ3) is 6.21. The lowest BCUT2D eigenvalue weighted by Crippen LogP contribution is -2.26. The summed E-state index contributed by atoms with van der Waals surface area (Å²) >= 11 is 0. The zero-order valence-corrected chi connectivity index (χ0v) is 17.1. The van der Waals surface area contributed by atoms with E-state index in [-0.39, 0.29) is 5.91 Å². The standard InChI is InChI=1S/C26H29NO2/c1-2-29-25-17-9-7-14-23(25)15-10-20-27-26(28)24-16-8-6-13-22(24)19-18-21-11-4-3-5-12-21/h3-9,11-14,16-17H,2,10,15,18-20H2,1H3,(H,27,28). The normalized spacial score (nSPS) is 10.5. The summed E-state index contributed by atoms with van der Waals surface area (Å²) in [5.41, 5.74) is 4.34. The van der Waals surface area contributed by atoms with E-state index in [1.807, 2.05) is 49.4 Å². The van der Waals surface area contributed by atoms with Crippen molar-refractivity contribution in [3.8, 4) is 5.75 Å². The predicted octanol–water partition coefficient (Wildman–Crippen LogP) is 5.23. The van der Waals surface area contributed by atoms with E-state index in [1.54, 1.807) is 0 Å². The number of carbonyl (C=O) groups is 1. The predicted molar refractivity (Wildman–Crippen MR) is 119 cm³/mol. The van der Waals surface area contributed by atoms with Crippen molar-refractivity contribution in [2.24, 2.45) is 0 Å². The maximum atomic E-state index is 12.7. The lowest BCUT2D eigenvalue weighted by Gasteiger charge is -2.12. The molecule has 29 heavy (non-hydrogen) atoms. The minimum absolute atomic E-state index is 0.00625. The maximum absolute atomic E-state index is 12.7. The first-order valence-electron chi connectivity index (χ1n) is 10.4. The van der Waals surface area contributed by atoms with Crippen molar-refractivity contribution in [3.05, 3.63) is 101 Å². The second-order valence-corrected chi connectivity index (χ2v) is 7.04. The van der Waals surface area contributed by atoms with Gasteiger partial charge in [0.15, 0.2) is 0 Å². The molecule has 150 valence electrons. The van der Waals surface area contributed by atoms with Crippen LogP contribution >= 0.6 is 0 Å². The van der Waals surface area contributed by atoms with Gasteiger partial charge in [0, 0.05) is 12.1 Å². The first-order chi connectivity index (χ1) is 14.3. The molecule has 0 aromatic heterocycles. The molecule has 0 aliphatic heterocycles. The lowest BCUT2D eigenvalue weighted by atomic mass is 9.99. The van der Waals surface area contributed by atoms with Gasteiger partial charge in [-0.25, -0.2) is 0 Å². The van der Waals surface area contributed by atoms with Gasteiger partial charge in [0.25, 0.3) is 5.91 Å². The Balaban J connectivity index is 1.52. The van der Waals surface area contributed by atoms with Crippen LogP contribution in [-0.2, 0) is 19.3 Å². The van der Waals surface area contributed by atoms with E-state index in [0.717, 1.165) is 42.6 Å². The summed E-state index contributed by atoms with van der Waals surface area (Å²) < 4.78 is 5.68. The SMILES string of the molecule is CCOc1ccccc1CCCNC(=O)c1ccccc1CCc1ccccc1. The Morgan fingerprint density at radius 2 is 1.48 bits per heavy atom. The second-order valence-electron chi connectivity index (χ2n) is 7.04. The van der Waals surface area contributed by atoms with Crippen LogP contribution in [0.4, 0.5) is 0 Å². The molecule has 0 unspecified atom stereocenters. The van der Waals surface area contributed by atoms with Crippen molar-refractivity contribution < 1.29 is 9.53 Å². The Labute approximate surface area is 173 Å². The zero-order chi connectivity index (χ0) is 20.3. The van der Waals surface area contributed by atoms with Crippen LogP contribution in [0, 0.1) is 0 Å². The molecule has 0 heterocycles. The smallest absolute Gasteiger partial charge is 0.251 e. The molecule has 0 bridgehead atoms. The summed E-state index contributed by atoms with van der Waals surface area (Å²) in [5, 5.41) is 3.08. The minimum atomic E-state index is 0.00625. The van der Waals surface area contributed by atoms with Crippen molar-refractivity contribution >= 4 is 5.91 Å². The summed E-state index contributed by atoms with van der Waals surface area (Å²) in [7, 11) is 0. The molecular weight excluding hydrogens is 358 g/mol. The van der Waals surface area contributed by atoms with Crippen molar-refractivity contribution in [1.82, 2.24) is 5.32 Å². The fourth-order valence-electron chi connectivity index (χ4n) is 3.47. The van der Waals surface area contributed by atoms with E-state index in [4.69, 9.17) is 4.74 Å². The summed E-state index contributed by atoms with van der Waals surface area (Å²) in [4.78, 5) is 12.7. The van der Waals surface area contributed by atoms with Gasteiger partial charge in [-0.3, -0.25) is 4.79 Å². The summed E-state index contributed by atoms with van der Waals surface area (Å²) in [6.07, 6.45) is 3.54. The summed E-state index contributed by atoms with van der Waals surface area (Å²) in [6.45, 7) is 3.30. The average molecular weight is 388 g/mol. The van der Waals surface area contributed by atoms with Gasteiger partial charge < -0.3 is 10.1 Å². The number of para-hydroxylation sites is 1. The molecule has 0 saturated carbocycles. The van der Waals surface area contributed by atoms with Crippen LogP contribution in [-0.4, -0.2) is 19.1 Å². The number of benzene rings is 3. The number of rotatable bonds is 10. The molecule has 1 N–H and O–H groups in total. The van der Waals surface area contributed by atoms with Crippen LogP contribution in [0.1, 0.15) is 40.4 Å². The number of nitrogens with one attached hydrogen (secondary N) is 1. The Hall–Kier alpha value is -3.07. The largest absolute Gasteiger partial charge is 0.494 e. The van der Waals surface area contributed by atoms with Gasteiger partial charge in [-0.05, 0) is 61.4 Å². The van der Waals surface area contributed by atoms with Gasteiger partial charge in [0.2, 0.25) is 0 Å². The van der Waals surface area contributed by atoms with Gasteiger partial charge in [-0.15, -0.1) is 0 Å². The minimum Gasteiger partial charge on any atom is -0.494 e. The summed E-state index contributed by atoms with van der Waals surface area (Å²) in [5.74, 6) is 0.944. The molecule has 3 heteroatoms. The first-order valence-corrected chi connectivity index (χ1v) is 10.4. The van der Waals surface area contributed by atoms with Crippen LogP contribution in [0.15, 0.2) is 78.9 Å². The van der Waals surface area contributed by atoms with Crippen molar-refractivity contribution in [1.29, 1.82) is 0 Å². The first kappa shape index (κ1) is 20.7. The van der Waals surface area contributed by atoms with E-state index >= 15 is 0 Å². The number of ether oxygens (including phenoxy) is 1. The highest BCUT2D eigenvalue weighted by Gasteiger charge is 2.11. The molecule has 0 fully saturated rings. The highest BCUT2D eigenvalue weighted by Crippen LogP contribution is 2.19. The molecule has 1 amide bonds. The number of aryl methyl sites for hydroxylation is 3. The molecule has 0 aliphatic rings. The van der Waals surface area contributed by atoms with Gasteiger partial charge in [-0.2, -0.15) is 0 Å². The van der Waals surface area contributed by atoms with Crippen LogP contribution in [0.5, 0.6) is 5.75 Å². The number of hydrogen-bond donors (Lipinski definition) is 1. The van der Waals surface area contributed by atoms with E-state index in [0.29, 0.717) is 13.2 Å². The maximum Gasteiger partial charge on any atom is 0.251 e. The molecule has 0 saturated heterocycles. The molecule has 3 aromatic rings. The van der Waals surface area contributed by atoms with Gasteiger partial charge in [-0.1, -0.05) is 66.7 Å². The second kappa shape index (κ2) is 11.1. The molecule has 3 aromatic carbocycles. The fraction of sp³-hybridized carbons (Fsp3) is 0.269. The van der Waals surface area contributed by atoms with E-state index in [2.05, 4.69) is 41.7 Å². The molecule has 3 rings (SSSR count). The number of carbonyl (C=O) groups excluding carboxylic acids is 1. The van der Waals surface area contributed by atoms with Crippen LogP contribution < -0.4 is 10.1 Å². The topological polar surface area (TPSA) is 38.3 Å². The van der Waals surface area contributed by atoms with Crippen molar-refractivity contribution in [2.45, 2.75) is 32.6 Å². The third-order valence-electron chi connectivity index (χ3n) is 4.97. The Kier molecular flexibility index (Phi) is 7.88. The third-order valence-corrected chi connectivity index (χ3v) is 4.97. The highest BCUT2D eigenvalue weighted by atomic mass is 16.5. The fourth-order valence-corrected chi connectivity index (χ4v) is 3.47. The summed E-state index contributed by atoms with van der Waals surface area (Å²) in [6, 6.07) is 26.4. The van der Waals surface area contributed by atoms with E-state index in [9.17, 15) is 4.79 Å². The highest BCUT2D eigenvalue weighted by molar-refractivity contribution is 5.95. The molecular formula is C26H29NO2. The zero-order valence-electron chi connectivity index (χ0n) is 17.1. The Bertz CT molecular complexity index is 905. The van der Waals surface area contributed by atoms with Gasteiger partial charge >= 0.3 is 0 Å². The quantitative estimate of drug-likeness (QED) is 0.484. The van der Waals surface area contributed by atoms with Crippen molar-refractivity contribution in [3.63, 3.8) is 0 Å². The number of hydrogen-bond acceptors (Lipinski definition) is 2. The molecule has 3 nitrogen and oxygen atoms in total. The molecule has 0 atom stereocenters. The van der Waals surface area contributed by atoms with Crippen LogP contribution in [0.2, 0.25) is 0 Å². The van der Waals surface area contributed by atoms with Crippen LogP contribution in [0.25, 0.3) is 0 Å². The Morgan fingerprint density at radius 1 is 0.793 bits per heavy atom. The molecule has 0 radical (unpaired) electrons. The van der Waals surface area contributed by atoms with E-state index in [1.165, 1.54) is 11.1 Å². The van der Waals surface area contributed by atoms with Gasteiger partial charge in [0.05, 0.1) is 6.61 Å². The van der Waals surface area contributed by atoms with Gasteiger partial charge in [0.1, 0.15) is 5.75 Å². The molecule has 0 aliphatic carbocycles.